The lowest BCUT2D eigenvalue weighted by Gasteiger charge is -2.08. The molecule has 0 aliphatic heterocycles. The lowest BCUT2D eigenvalue weighted by atomic mass is 10.2. The zero-order valence-electron chi connectivity index (χ0n) is 11.6. The van der Waals surface area contributed by atoms with Crippen molar-refractivity contribution in [2.24, 2.45) is 0 Å². The van der Waals surface area contributed by atoms with Crippen LogP contribution in [0.25, 0.3) is 11.0 Å². The van der Waals surface area contributed by atoms with Crippen molar-refractivity contribution in [3.8, 4) is 17.2 Å². The van der Waals surface area contributed by atoms with Crippen molar-refractivity contribution < 1.29 is 19.0 Å². The second-order valence-corrected chi connectivity index (χ2v) is 4.52. The molecule has 0 saturated heterocycles. The number of methoxy groups -OCH3 is 1. The van der Waals surface area contributed by atoms with Crippen molar-refractivity contribution in [3.05, 3.63) is 40.3 Å². The normalized spacial score (nSPS) is 10.3. The van der Waals surface area contributed by atoms with Crippen LogP contribution < -0.4 is 15.1 Å². The van der Waals surface area contributed by atoms with Crippen LogP contribution in [-0.2, 0) is 0 Å². The monoisotopic (exact) mass is 276 g/mol. The number of hydrogen-bond donors (Lipinski definition) is 1. The molecule has 0 spiro atoms. The first kappa shape index (κ1) is 14.0. The Morgan fingerprint density at radius 3 is 2.80 bits per heavy atom. The van der Waals surface area contributed by atoms with Gasteiger partial charge in [-0.15, -0.1) is 0 Å². The van der Waals surface area contributed by atoms with Crippen molar-refractivity contribution in [1.29, 1.82) is 0 Å². The van der Waals surface area contributed by atoms with E-state index < -0.39 is 5.63 Å². The summed E-state index contributed by atoms with van der Waals surface area (Å²) in [5.74, 6) is 0.138. The first-order valence-electron chi connectivity index (χ1n) is 6.13. The first-order chi connectivity index (χ1) is 9.52. The molecule has 0 fully saturated rings. The van der Waals surface area contributed by atoms with Crippen LogP contribution in [0.2, 0.25) is 0 Å². The molecule has 20 heavy (non-hydrogen) atoms. The van der Waals surface area contributed by atoms with Crippen LogP contribution in [0, 0.1) is 0 Å². The Hall–Kier alpha value is -2.43. The van der Waals surface area contributed by atoms with E-state index in [9.17, 15) is 9.90 Å². The zero-order valence-corrected chi connectivity index (χ0v) is 11.6. The Morgan fingerprint density at radius 2 is 2.15 bits per heavy atom. The molecule has 0 radical (unpaired) electrons. The quantitative estimate of drug-likeness (QED) is 0.687. The van der Waals surface area contributed by atoms with Crippen LogP contribution >= 0.6 is 0 Å². The summed E-state index contributed by atoms with van der Waals surface area (Å²) in [5, 5.41) is 10.5. The maximum Gasteiger partial charge on any atom is 0.383 e. The highest BCUT2D eigenvalue weighted by Gasteiger charge is 2.15. The number of hydrogen-bond acceptors (Lipinski definition) is 5. The fourth-order valence-corrected chi connectivity index (χ4v) is 1.69. The molecule has 0 aliphatic rings. The second kappa shape index (κ2) is 5.69. The molecule has 5 nitrogen and oxygen atoms in total. The van der Waals surface area contributed by atoms with Crippen LogP contribution in [-0.4, -0.2) is 18.8 Å². The summed E-state index contributed by atoms with van der Waals surface area (Å²) in [6.45, 7) is 4.03. The molecule has 0 atom stereocenters. The van der Waals surface area contributed by atoms with Crippen LogP contribution in [0.3, 0.4) is 0 Å². The third-order valence-corrected chi connectivity index (χ3v) is 2.77. The van der Waals surface area contributed by atoms with Gasteiger partial charge in [0.05, 0.1) is 12.5 Å². The van der Waals surface area contributed by atoms with Crippen molar-refractivity contribution in [3.63, 3.8) is 0 Å². The molecule has 0 unspecified atom stereocenters. The maximum absolute atomic E-state index is 11.8. The molecule has 0 aliphatic carbocycles. The van der Waals surface area contributed by atoms with Crippen molar-refractivity contribution in [2.45, 2.75) is 13.8 Å². The number of ether oxygens (including phenoxy) is 2. The van der Waals surface area contributed by atoms with Gasteiger partial charge in [-0.25, -0.2) is 4.79 Å². The molecule has 5 heteroatoms. The van der Waals surface area contributed by atoms with Gasteiger partial charge in [-0.1, -0.05) is 5.57 Å². The average molecular weight is 276 g/mol. The number of fused-ring (bicyclic) bond motifs is 1. The van der Waals surface area contributed by atoms with Gasteiger partial charge in [0.25, 0.3) is 0 Å². The van der Waals surface area contributed by atoms with Gasteiger partial charge in [-0.3, -0.25) is 0 Å². The van der Waals surface area contributed by atoms with E-state index in [1.807, 2.05) is 13.8 Å². The van der Waals surface area contributed by atoms with Gasteiger partial charge in [0.2, 0.25) is 5.75 Å². The first-order valence-corrected chi connectivity index (χ1v) is 6.13. The highest BCUT2D eigenvalue weighted by molar-refractivity contribution is 5.86. The van der Waals surface area contributed by atoms with E-state index in [4.69, 9.17) is 13.9 Å². The molecule has 1 aromatic heterocycles. The summed E-state index contributed by atoms with van der Waals surface area (Å²) < 4.78 is 15.5. The van der Waals surface area contributed by atoms with Crippen molar-refractivity contribution in [1.82, 2.24) is 0 Å². The topological polar surface area (TPSA) is 68.9 Å². The Labute approximate surface area is 116 Å². The Bertz CT molecular complexity index is 708. The van der Waals surface area contributed by atoms with Gasteiger partial charge in [-0.2, -0.15) is 0 Å². The maximum atomic E-state index is 11.8. The SMILES string of the molecule is COc1ccc2c(O)c(OCC=C(C)C)c(=O)oc2c1. The van der Waals surface area contributed by atoms with Crippen LogP contribution in [0.4, 0.5) is 0 Å². The van der Waals surface area contributed by atoms with Crippen LogP contribution in [0.5, 0.6) is 17.2 Å². The lowest BCUT2D eigenvalue weighted by molar-refractivity contribution is 0.317. The number of benzene rings is 1. The average Bonchev–Trinajstić information content (AvgIpc) is 2.41. The van der Waals surface area contributed by atoms with Crippen molar-refractivity contribution in [2.75, 3.05) is 13.7 Å². The van der Waals surface area contributed by atoms with Gasteiger partial charge in [0.1, 0.15) is 17.9 Å². The number of rotatable bonds is 4. The number of allylic oxidation sites excluding steroid dienone is 1. The molecule has 1 heterocycles. The predicted molar refractivity (Wildman–Crippen MR) is 75.6 cm³/mol. The van der Waals surface area contributed by atoms with E-state index in [1.165, 1.54) is 13.2 Å². The fraction of sp³-hybridized carbons (Fsp3) is 0.267. The largest absolute Gasteiger partial charge is 0.504 e. The summed E-state index contributed by atoms with van der Waals surface area (Å²) in [7, 11) is 1.51. The second-order valence-electron chi connectivity index (χ2n) is 4.52. The minimum absolute atomic E-state index is 0.180. The Balaban J connectivity index is 2.46. The van der Waals surface area contributed by atoms with Gasteiger partial charge >= 0.3 is 5.63 Å². The van der Waals surface area contributed by atoms with Crippen molar-refractivity contribution >= 4 is 11.0 Å². The highest BCUT2D eigenvalue weighted by atomic mass is 16.5. The van der Waals surface area contributed by atoms with E-state index >= 15 is 0 Å². The molecule has 2 rings (SSSR count). The summed E-state index contributed by atoms with van der Waals surface area (Å²) in [4.78, 5) is 11.8. The molecule has 0 bridgehead atoms. The molecule has 1 aromatic carbocycles. The smallest absolute Gasteiger partial charge is 0.383 e. The van der Waals surface area contributed by atoms with Gasteiger partial charge in [0.15, 0.2) is 5.75 Å². The molecule has 0 amide bonds. The molecular formula is C15H16O5. The lowest BCUT2D eigenvalue weighted by Crippen LogP contribution is -2.07. The van der Waals surface area contributed by atoms with Crippen LogP contribution in [0.1, 0.15) is 13.8 Å². The predicted octanol–water partition coefficient (Wildman–Crippen LogP) is 2.85. The molecule has 106 valence electrons. The third-order valence-electron chi connectivity index (χ3n) is 2.77. The van der Waals surface area contributed by atoms with E-state index in [2.05, 4.69) is 0 Å². The van der Waals surface area contributed by atoms with Gasteiger partial charge < -0.3 is 19.0 Å². The van der Waals surface area contributed by atoms with Gasteiger partial charge in [0, 0.05) is 6.07 Å². The standard InChI is InChI=1S/C15H16O5/c1-9(2)6-7-19-14-13(16)11-5-4-10(18-3)8-12(11)20-15(14)17/h4-6,8,16H,7H2,1-3H3. The minimum atomic E-state index is -0.717. The molecule has 1 N–H and O–H groups in total. The minimum Gasteiger partial charge on any atom is -0.504 e. The Kier molecular flexibility index (Phi) is 3.98. The highest BCUT2D eigenvalue weighted by Crippen LogP contribution is 2.33. The molecule has 0 saturated carbocycles. The summed E-state index contributed by atoms with van der Waals surface area (Å²) in [6.07, 6.45) is 1.80. The Morgan fingerprint density at radius 1 is 1.40 bits per heavy atom. The van der Waals surface area contributed by atoms with E-state index in [1.54, 1.807) is 18.2 Å². The van der Waals surface area contributed by atoms with E-state index in [0.717, 1.165) is 5.57 Å². The summed E-state index contributed by atoms with van der Waals surface area (Å²) >= 11 is 0. The van der Waals surface area contributed by atoms with E-state index in [-0.39, 0.29) is 23.7 Å². The van der Waals surface area contributed by atoms with E-state index in [0.29, 0.717) is 11.1 Å². The number of aromatic hydroxyl groups is 1. The molecular weight excluding hydrogens is 260 g/mol. The summed E-state index contributed by atoms with van der Waals surface area (Å²) in [5.41, 5.74) is 0.589. The van der Waals surface area contributed by atoms with Gasteiger partial charge in [-0.05, 0) is 32.1 Å². The van der Waals surface area contributed by atoms with Crippen LogP contribution in [0.15, 0.2) is 39.1 Å². The summed E-state index contributed by atoms with van der Waals surface area (Å²) in [6, 6.07) is 4.82. The molecule has 2 aromatic rings. The fourth-order valence-electron chi connectivity index (χ4n) is 1.69. The third kappa shape index (κ3) is 2.77. The zero-order chi connectivity index (χ0) is 14.7.